The number of anilines is 4. The molecule has 2 aromatic carbocycles. The van der Waals surface area contributed by atoms with E-state index in [1.807, 2.05) is 45.9 Å². The second-order valence-corrected chi connectivity index (χ2v) is 14.4. The van der Waals surface area contributed by atoms with E-state index in [1.165, 1.54) is 0 Å². The van der Waals surface area contributed by atoms with Crippen LogP contribution in [-0.2, 0) is 16.4 Å². The Morgan fingerprint density at radius 3 is 2.40 bits per heavy atom. The lowest BCUT2D eigenvalue weighted by Crippen LogP contribution is -2.24. The van der Waals surface area contributed by atoms with E-state index in [-0.39, 0.29) is 11.0 Å². The molecule has 0 amide bonds. The van der Waals surface area contributed by atoms with Crippen LogP contribution in [-0.4, -0.2) is 52.9 Å². The van der Waals surface area contributed by atoms with Crippen LogP contribution in [0.1, 0.15) is 57.4 Å². The standard InChI is InChI=1S/C34H42N6O4S/c1-22(2)43-31-17-24(5)27(30-18-26(39-44-30)21-40-15-11-7-8-12-16-40)19-29(31)37-34-35-20-25(6)33(38-34)36-28-13-9-10-14-32(28)45(41,42)23(3)4/h7-10,13-14,17-20,22-23H,11-12,15-16,21H2,1-6H3,(H2,35,36,37,38). The molecule has 5 rings (SSSR count). The highest BCUT2D eigenvalue weighted by atomic mass is 32.2. The SMILES string of the molecule is Cc1cc(OC(C)C)c(Nc2ncc(C)c(Nc3ccccc3S(=O)(=O)C(C)C)n2)cc1-c1cc(CN2CCC=CCC2)no1. The highest BCUT2D eigenvalue weighted by molar-refractivity contribution is 7.92. The average Bonchev–Trinajstić information content (AvgIpc) is 3.29. The molecule has 2 N–H and O–H groups in total. The molecule has 45 heavy (non-hydrogen) atoms. The van der Waals surface area contributed by atoms with Crippen molar-refractivity contribution in [1.29, 1.82) is 0 Å². The number of nitrogens with one attached hydrogen (secondary N) is 2. The predicted octanol–water partition coefficient (Wildman–Crippen LogP) is 7.36. The van der Waals surface area contributed by atoms with Crippen LogP contribution in [0.2, 0.25) is 0 Å². The molecule has 1 aliphatic heterocycles. The number of ether oxygens (including phenoxy) is 1. The van der Waals surface area contributed by atoms with E-state index < -0.39 is 15.1 Å². The van der Waals surface area contributed by atoms with Gasteiger partial charge in [0.1, 0.15) is 11.6 Å². The zero-order valence-corrected chi connectivity index (χ0v) is 27.6. The van der Waals surface area contributed by atoms with Gasteiger partial charge in [-0.2, -0.15) is 4.98 Å². The Kier molecular flexibility index (Phi) is 9.89. The first-order valence-electron chi connectivity index (χ1n) is 15.4. The maximum absolute atomic E-state index is 13.0. The van der Waals surface area contributed by atoms with Crippen molar-refractivity contribution in [1.82, 2.24) is 20.0 Å². The molecule has 2 aromatic heterocycles. The summed E-state index contributed by atoms with van der Waals surface area (Å²) in [5.74, 6) is 2.13. The van der Waals surface area contributed by atoms with Crippen molar-refractivity contribution >= 4 is 33.0 Å². The van der Waals surface area contributed by atoms with Gasteiger partial charge in [0, 0.05) is 43.0 Å². The van der Waals surface area contributed by atoms with Crippen molar-refractivity contribution in [2.24, 2.45) is 0 Å². The monoisotopic (exact) mass is 630 g/mol. The zero-order chi connectivity index (χ0) is 32.1. The third-order valence-electron chi connectivity index (χ3n) is 7.58. The topological polar surface area (TPSA) is 122 Å². The van der Waals surface area contributed by atoms with Crippen molar-refractivity contribution in [2.75, 3.05) is 23.7 Å². The molecule has 0 aliphatic carbocycles. The molecule has 0 atom stereocenters. The first kappa shape index (κ1) is 32.2. The van der Waals surface area contributed by atoms with Crippen LogP contribution in [0.25, 0.3) is 11.3 Å². The van der Waals surface area contributed by atoms with E-state index >= 15 is 0 Å². The number of hydrogen-bond donors (Lipinski definition) is 2. The van der Waals surface area contributed by atoms with Crippen LogP contribution in [0, 0.1) is 13.8 Å². The normalized spacial score (nSPS) is 14.1. The molecule has 0 bridgehead atoms. The van der Waals surface area contributed by atoms with E-state index in [2.05, 4.69) is 37.8 Å². The molecule has 10 nitrogen and oxygen atoms in total. The second kappa shape index (κ2) is 13.8. The smallest absolute Gasteiger partial charge is 0.229 e. The zero-order valence-electron chi connectivity index (χ0n) is 26.8. The fourth-order valence-corrected chi connectivity index (χ4v) is 6.31. The molecular weight excluding hydrogens is 588 g/mol. The minimum atomic E-state index is -3.52. The predicted molar refractivity (Wildman–Crippen MR) is 178 cm³/mol. The number of nitrogens with zero attached hydrogens (tertiary/aromatic N) is 4. The number of hydrogen-bond acceptors (Lipinski definition) is 10. The van der Waals surface area contributed by atoms with Crippen LogP contribution in [0.15, 0.2) is 70.2 Å². The average molecular weight is 631 g/mol. The van der Waals surface area contributed by atoms with Crippen molar-refractivity contribution in [3.05, 3.63) is 77.6 Å². The molecule has 3 heterocycles. The van der Waals surface area contributed by atoms with Crippen molar-refractivity contribution in [2.45, 2.75) is 77.2 Å². The van der Waals surface area contributed by atoms with Gasteiger partial charge in [-0.05, 0) is 84.2 Å². The van der Waals surface area contributed by atoms with Crippen LogP contribution in [0.5, 0.6) is 5.75 Å². The van der Waals surface area contributed by atoms with E-state index in [4.69, 9.17) is 14.2 Å². The van der Waals surface area contributed by atoms with Crippen molar-refractivity contribution in [3.63, 3.8) is 0 Å². The van der Waals surface area contributed by atoms with Gasteiger partial charge in [-0.25, -0.2) is 13.4 Å². The Bertz CT molecular complexity index is 1770. The molecule has 0 fully saturated rings. The molecule has 1 aliphatic rings. The second-order valence-electron chi connectivity index (χ2n) is 11.9. The molecule has 0 saturated carbocycles. The number of aryl methyl sites for hydroxylation is 2. The largest absolute Gasteiger partial charge is 0.489 e. The van der Waals surface area contributed by atoms with Crippen molar-refractivity contribution < 1.29 is 17.7 Å². The molecule has 0 unspecified atom stereocenters. The van der Waals surface area contributed by atoms with Gasteiger partial charge in [-0.3, -0.25) is 4.90 Å². The van der Waals surface area contributed by atoms with Crippen LogP contribution in [0.4, 0.5) is 23.1 Å². The van der Waals surface area contributed by atoms with E-state index in [1.54, 1.807) is 44.3 Å². The Balaban J connectivity index is 1.44. The lowest BCUT2D eigenvalue weighted by Gasteiger charge is -2.18. The summed E-state index contributed by atoms with van der Waals surface area (Å²) in [5.41, 5.74) is 4.63. The quantitative estimate of drug-likeness (QED) is 0.163. The number of aromatic nitrogens is 3. The van der Waals surface area contributed by atoms with Gasteiger partial charge < -0.3 is 19.9 Å². The van der Waals surface area contributed by atoms with Gasteiger partial charge in [0.15, 0.2) is 15.6 Å². The van der Waals surface area contributed by atoms with Crippen LogP contribution >= 0.6 is 0 Å². The fraction of sp³-hybridized carbons (Fsp3) is 0.382. The molecule has 0 spiro atoms. The highest BCUT2D eigenvalue weighted by Gasteiger charge is 2.23. The number of para-hydroxylation sites is 1. The first-order valence-corrected chi connectivity index (χ1v) is 16.9. The Hall–Kier alpha value is -4.22. The van der Waals surface area contributed by atoms with Gasteiger partial charge in [0.05, 0.1) is 33.3 Å². The molecule has 0 radical (unpaired) electrons. The van der Waals surface area contributed by atoms with Gasteiger partial charge in [-0.15, -0.1) is 0 Å². The maximum Gasteiger partial charge on any atom is 0.229 e. The summed E-state index contributed by atoms with van der Waals surface area (Å²) in [6.45, 7) is 13.9. The third kappa shape index (κ3) is 7.72. The Labute approximate surface area is 265 Å². The third-order valence-corrected chi connectivity index (χ3v) is 9.79. The number of benzene rings is 2. The Morgan fingerprint density at radius 2 is 1.69 bits per heavy atom. The van der Waals surface area contributed by atoms with E-state index in [0.29, 0.717) is 34.7 Å². The summed E-state index contributed by atoms with van der Waals surface area (Å²) < 4.78 is 38.1. The molecule has 0 saturated heterocycles. The first-order chi connectivity index (χ1) is 21.5. The Morgan fingerprint density at radius 1 is 0.956 bits per heavy atom. The van der Waals surface area contributed by atoms with E-state index in [9.17, 15) is 8.42 Å². The van der Waals surface area contributed by atoms with Gasteiger partial charge in [0.2, 0.25) is 5.95 Å². The summed E-state index contributed by atoms with van der Waals surface area (Å²) in [6.07, 6.45) is 8.18. The minimum Gasteiger partial charge on any atom is -0.489 e. The van der Waals surface area contributed by atoms with Crippen molar-refractivity contribution in [3.8, 4) is 17.1 Å². The van der Waals surface area contributed by atoms with Gasteiger partial charge in [0.25, 0.3) is 0 Å². The van der Waals surface area contributed by atoms with Gasteiger partial charge in [-0.1, -0.05) is 29.4 Å². The maximum atomic E-state index is 13.0. The lowest BCUT2D eigenvalue weighted by molar-refractivity contribution is 0.243. The van der Waals surface area contributed by atoms with Crippen LogP contribution < -0.4 is 15.4 Å². The highest BCUT2D eigenvalue weighted by Crippen LogP contribution is 2.37. The molecule has 11 heteroatoms. The fourth-order valence-electron chi connectivity index (χ4n) is 5.11. The molecule has 4 aromatic rings. The number of rotatable bonds is 11. The summed E-state index contributed by atoms with van der Waals surface area (Å²) >= 11 is 0. The number of sulfone groups is 1. The summed E-state index contributed by atoms with van der Waals surface area (Å²) in [6, 6.07) is 12.8. The summed E-state index contributed by atoms with van der Waals surface area (Å²) in [4.78, 5) is 11.8. The molecule has 238 valence electrons. The minimum absolute atomic E-state index is 0.0635. The van der Waals surface area contributed by atoms with Gasteiger partial charge >= 0.3 is 0 Å². The lowest BCUT2D eigenvalue weighted by atomic mass is 10.0. The summed E-state index contributed by atoms with van der Waals surface area (Å²) in [7, 11) is -3.52. The van der Waals surface area contributed by atoms with Crippen LogP contribution in [0.3, 0.4) is 0 Å². The summed E-state index contributed by atoms with van der Waals surface area (Å²) in [5, 5.41) is 10.4. The molecular formula is C34H42N6O4S. The van der Waals surface area contributed by atoms with E-state index in [0.717, 1.165) is 54.9 Å².